The van der Waals surface area contributed by atoms with E-state index in [9.17, 15) is 4.79 Å². The first kappa shape index (κ1) is 15.3. The molecule has 0 atom stereocenters. The minimum Gasteiger partial charge on any atom is -0.397 e. The standard InChI is InChI=1S/C15H24N2O2S/c1-4-11(18)14-13(16)12(10-6-7-10)15(20-14)17(5-2)8-9-19-3/h10H,4-9,16H2,1-3H3. The minimum absolute atomic E-state index is 0.156. The second kappa shape index (κ2) is 6.59. The van der Waals surface area contributed by atoms with E-state index >= 15 is 0 Å². The smallest absolute Gasteiger partial charge is 0.174 e. The molecule has 2 N–H and O–H groups in total. The summed E-state index contributed by atoms with van der Waals surface area (Å²) in [5.74, 6) is 0.708. The molecule has 1 aliphatic carbocycles. The van der Waals surface area contributed by atoms with Gasteiger partial charge in [0.25, 0.3) is 0 Å². The van der Waals surface area contributed by atoms with Crippen LogP contribution < -0.4 is 10.6 Å². The van der Waals surface area contributed by atoms with Crippen LogP contribution in [0.4, 0.5) is 10.7 Å². The lowest BCUT2D eigenvalue weighted by molar-refractivity contribution is 0.0993. The van der Waals surface area contributed by atoms with Gasteiger partial charge in [-0.15, -0.1) is 11.3 Å². The number of hydrogen-bond donors (Lipinski definition) is 1. The number of anilines is 2. The molecule has 0 saturated heterocycles. The lowest BCUT2D eigenvalue weighted by Crippen LogP contribution is -2.26. The summed E-state index contributed by atoms with van der Waals surface area (Å²) in [4.78, 5) is 15.1. The summed E-state index contributed by atoms with van der Waals surface area (Å²) < 4.78 is 5.18. The first-order valence-corrected chi connectivity index (χ1v) is 8.14. The molecule has 0 spiro atoms. The molecule has 1 fully saturated rings. The molecule has 5 heteroatoms. The molecule has 1 saturated carbocycles. The summed E-state index contributed by atoms with van der Waals surface area (Å²) in [6.45, 7) is 6.45. The lowest BCUT2D eigenvalue weighted by atomic mass is 10.1. The average Bonchev–Trinajstić information content (AvgIpc) is 3.23. The molecule has 20 heavy (non-hydrogen) atoms. The van der Waals surface area contributed by atoms with E-state index in [4.69, 9.17) is 10.5 Å². The summed E-state index contributed by atoms with van der Waals surface area (Å²) in [6, 6.07) is 0. The predicted molar refractivity (Wildman–Crippen MR) is 85.1 cm³/mol. The highest BCUT2D eigenvalue weighted by Crippen LogP contribution is 2.52. The number of likely N-dealkylation sites (N-methyl/N-ethyl adjacent to an activating group) is 1. The zero-order valence-corrected chi connectivity index (χ0v) is 13.4. The molecule has 1 aliphatic rings. The number of nitrogen functional groups attached to an aromatic ring is 1. The predicted octanol–water partition coefficient (Wildman–Crippen LogP) is 3.27. The van der Waals surface area contributed by atoms with Gasteiger partial charge in [0.15, 0.2) is 5.78 Å². The monoisotopic (exact) mass is 296 g/mol. The number of methoxy groups -OCH3 is 1. The Balaban J connectivity index is 2.37. The Morgan fingerprint density at radius 3 is 2.65 bits per heavy atom. The molecule has 2 rings (SSSR count). The van der Waals surface area contributed by atoms with Crippen molar-refractivity contribution < 1.29 is 9.53 Å². The second-order valence-electron chi connectivity index (χ2n) is 5.19. The Morgan fingerprint density at radius 1 is 1.45 bits per heavy atom. The molecule has 1 aromatic rings. The zero-order chi connectivity index (χ0) is 14.7. The number of nitrogens with two attached hydrogens (primary N) is 1. The molecule has 0 aromatic carbocycles. The van der Waals surface area contributed by atoms with Gasteiger partial charge in [0.05, 0.1) is 22.2 Å². The van der Waals surface area contributed by atoms with Crippen LogP contribution in [0.3, 0.4) is 0 Å². The van der Waals surface area contributed by atoms with E-state index in [1.807, 2.05) is 6.92 Å². The van der Waals surface area contributed by atoms with Crippen molar-refractivity contribution in [1.82, 2.24) is 0 Å². The topological polar surface area (TPSA) is 55.6 Å². The number of thiophene rings is 1. The molecule has 1 heterocycles. The number of nitrogens with zero attached hydrogens (tertiary/aromatic N) is 1. The second-order valence-corrected chi connectivity index (χ2v) is 6.19. The maximum atomic E-state index is 12.1. The van der Waals surface area contributed by atoms with E-state index in [2.05, 4.69) is 11.8 Å². The summed E-state index contributed by atoms with van der Waals surface area (Å²) in [7, 11) is 1.71. The first-order valence-electron chi connectivity index (χ1n) is 7.33. The third-order valence-corrected chi connectivity index (χ3v) is 5.08. The fourth-order valence-electron chi connectivity index (χ4n) is 2.42. The van der Waals surface area contributed by atoms with Crippen LogP contribution in [0.1, 0.15) is 54.3 Å². The Hall–Kier alpha value is -1.07. The highest BCUT2D eigenvalue weighted by Gasteiger charge is 2.33. The van der Waals surface area contributed by atoms with Crippen molar-refractivity contribution in [3.05, 3.63) is 10.4 Å². The molecule has 1 aromatic heterocycles. The number of carbonyl (C=O) groups excluding carboxylic acids is 1. The summed E-state index contributed by atoms with van der Waals surface area (Å²) in [5, 5.41) is 1.18. The number of hydrogen-bond acceptors (Lipinski definition) is 5. The number of carbonyl (C=O) groups is 1. The maximum Gasteiger partial charge on any atom is 0.174 e. The normalized spacial score (nSPS) is 14.6. The number of ether oxygens (including phenoxy) is 1. The molecule has 0 unspecified atom stereocenters. The van der Waals surface area contributed by atoms with E-state index in [1.165, 1.54) is 23.4 Å². The van der Waals surface area contributed by atoms with Gasteiger partial charge in [-0.3, -0.25) is 4.79 Å². The molecular formula is C15H24N2O2S. The molecule has 0 amide bonds. The van der Waals surface area contributed by atoms with Crippen LogP contribution in [-0.2, 0) is 4.74 Å². The lowest BCUT2D eigenvalue weighted by Gasteiger charge is -2.22. The fraction of sp³-hybridized carbons (Fsp3) is 0.667. The Labute approximate surface area is 124 Å². The molecule has 0 radical (unpaired) electrons. The van der Waals surface area contributed by atoms with Crippen LogP contribution in [0.25, 0.3) is 0 Å². The van der Waals surface area contributed by atoms with Crippen molar-refractivity contribution in [2.24, 2.45) is 0 Å². The van der Waals surface area contributed by atoms with E-state index in [0.29, 0.717) is 18.9 Å². The highest BCUT2D eigenvalue weighted by molar-refractivity contribution is 7.19. The van der Waals surface area contributed by atoms with E-state index in [0.717, 1.165) is 23.7 Å². The van der Waals surface area contributed by atoms with Crippen LogP contribution in [-0.4, -0.2) is 32.6 Å². The van der Waals surface area contributed by atoms with Crippen molar-refractivity contribution in [2.75, 3.05) is 37.4 Å². The molecule has 0 aliphatic heterocycles. The maximum absolute atomic E-state index is 12.1. The van der Waals surface area contributed by atoms with Crippen LogP contribution >= 0.6 is 11.3 Å². The number of ketones is 1. The van der Waals surface area contributed by atoms with E-state index in [1.54, 1.807) is 18.4 Å². The summed E-state index contributed by atoms with van der Waals surface area (Å²) in [6.07, 6.45) is 2.89. The molecular weight excluding hydrogens is 272 g/mol. The van der Waals surface area contributed by atoms with Crippen LogP contribution in [0, 0.1) is 0 Å². The first-order chi connectivity index (χ1) is 9.63. The van der Waals surface area contributed by atoms with Gasteiger partial charge >= 0.3 is 0 Å². The van der Waals surface area contributed by atoms with Gasteiger partial charge in [0, 0.05) is 32.2 Å². The van der Waals surface area contributed by atoms with Crippen molar-refractivity contribution in [3.63, 3.8) is 0 Å². The molecule has 112 valence electrons. The van der Waals surface area contributed by atoms with Gasteiger partial charge in [-0.05, 0) is 25.7 Å². The minimum atomic E-state index is 0.156. The summed E-state index contributed by atoms with van der Waals surface area (Å²) >= 11 is 1.57. The van der Waals surface area contributed by atoms with Gasteiger partial charge in [-0.2, -0.15) is 0 Å². The van der Waals surface area contributed by atoms with E-state index < -0.39 is 0 Å². The molecule has 0 bridgehead atoms. The Kier molecular flexibility index (Phi) is 5.05. The van der Waals surface area contributed by atoms with Crippen molar-refractivity contribution in [2.45, 2.75) is 39.0 Å². The van der Waals surface area contributed by atoms with Gasteiger partial charge in [-0.1, -0.05) is 6.92 Å². The average molecular weight is 296 g/mol. The van der Waals surface area contributed by atoms with Crippen LogP contribution in [0.2, 0.25) is 0 Å². The Morgan fingerprint density at radius 2 is 2.15 bits per heavy atom. The number of Topliss-reactive ketones (excluding diaryl/α,β-unsaturated/α-hetero) is 1. The SMILES string of the molecule is CCC(=O)c1sc(N(CC)CCOC)c(C2CC2)c1N. The molecule has 4 nitrogen and oxygen atoms in total. The number of rotatable bonds is 8. The highest BCUT2D eigenvalue weighted by atomic mass is 32.1. The van der Waals surface area contributed by atoms with Crippen LogP contribution in [0.15, 0.2) is 0 Å². The largest absolute Gasteiger partial charge is 0.397 e. The van der Waals surface area contributed by atoms with Crippen molar-refractivity contribution in [1.29, 1.82) is 0 Å². The third kappa shape index (κ3) is 2.99. The third-order valence-electron chi connectivity index (χ3n) is 3.76. The zero-order valence-electron chi connectivity index (χ0n) is 12.6. The van der Waals surface area contributed by atoms with Gasteiger partial charge < -0.3 is 15.4 Å². The van der Waals surface area contributed by atoms with Gasteiger partial charge in [0.2, 0.25) is 0 Å². The Bertz CT molecular complexity index is 480. The fourth-order valence-corrected chi connectivity index (χ4v) is 3.83. The van der Waals surface area contributed by atoms with Gasteiger partial charge in [-0.25, -0.2) is 0 Å². The van der Waals surface area contributed by atoms with Crippen LogP contribution in [0.5, 0.6) is 0 Å². The van der Waals surface area contributed by atoms with Crippen molar-refractivity contribution >= 4 is 27.8 Å². The van der Waals surface area contributed by atoms with Gasteiger partial charge in [0.1, 0.15) is 0 Å². The summed E-state index contributed by atoms with van der Waals surface area (Å²) in [5.41, 5.74) is 8.22. The van der Waals surface area contributed by atoms with Crippen molar-refractivity contribution in [3.8, 4) is 0 Å². The quantitative estimate of drug-likeness (QED) is 0.748. The van der Waals surface area contributed by atoms with E-state index in [-0.39, 0.29) is 5.78 Å².